The quantitative estimate of drug-likeness (QED) is 0.645. The van der Waals surface area contributed by atoms with Gasteiger partial charge in [-0.1, -0.05) is 15.9 Å². The molecule has 0 radical (unpaired) electrons. The van der Waals surface area contributed by atoms with E-state index in [9.17, 15) is 0 Å². The van der Waals surface area contributed by atoms with E-state index < -0.39 is 0 Å². The number of rotatable bonds is 3. The molecule has 0 saturated heterocycles. The average Bonchev–Trinajstić information content (AvgIpc) is 2.97. The Morgan fingerprint density at radius 2 is 2.05 bits per heavy atom. The van der Waals surface area contributed by atoms with Crippen LogP contribution in [-0.2, 0) is 12.4 Å². The zero-order valence-corrected chi connectivity index (χ0v) is 14.5. The maximum absolute atomic E-state index is 6.12. The van der Waals surface area contributed by atoms with Crippen LogP contribution in [0.4, 0.5) is 0 Å². The fourth-order valence-electron chi connectivity index (χ4n) is 2.65. The number of aromatic nitrogens is 4. The van der Waals surface area contributed by atoms with Crippen LogP contribution in [0.2, 0.25) is 0 Å². The lowest BCUT2D eigenvalue weighted by atomic mass is 10.2. The van der Waals surface area contributed by atoms with Gasteiger partial charge in [-0.2, -0.15) is 5.10 Å². The summed E-state index contributed by atoms with van der Waals surface area (Å²) >= 11 is 9.63. The van der Waals surface area contributed by atoms with Gasteiger partial charge in [0.1, 0.15) is 11.3 Å². The fraction of sp³-hybridized carbons (Fsp3) is 0.333. The highest BCUT2D eigenvalue weighted by molar-refractivity contribution is 9.10. The van der Waals surface area contributed by atoms with Gasteiger partial charge in [0, 0.05) is 11.0 Å². The molecule has 3 aromatic rings. The first-order chi connectivity index (χ1) is 10.1. The molecule has 0 N–H and O–H groups in total. The number of aryl methyl sites for hydroxylation is 3. The van der Waals surface area contributed by atoms with E-state index in [1.165, 1.54) is 0 Å². The molecule has 0 saturated carbocycles. The fourth-order valence-corrected chi connectivity index (χ4v) is 3.30. The van der Waals surface area contributed by atoms with Gasteiger partial charge in [0.2, 0.25) is 0 Å². The van der Waals surface area contributed by atoms with E-state index in [0.717, 1.165) is 45.0 Å². The summed E-state index contributed by atoms with van der Waals surface area (Å²) in [5.74, 6) is 1.22. The zero-order valence-electron chi connectivity index (χ0n) is 12.2. The topological polar surface area (TPSA) is 35.6 Å². The normalized spacial score (nSPS) is 11.5. The number of fused-ring (bicyclic) bond motifs is 1. The number of benzene rings is 1. The second-order valence-electron chi connectivity index (χ2n) is 5.00. The number of hydrogen-bond donors (Lipinski definition) is 0. The van der Waals surface area contributed by atoms with Gasteiger partial charge >= 0.3 is 0 Å². The molecule has 0 unspecified atom stereocenters. The Kier molecular flexibility index (Phi) is 3.80. The maximum Gasteiger partial charge on any atom is 0.163 e. The van der Waals surface area contributed by atoms with E-state index in [-0.39, 0.29) is 0 Å². The van der Waals surface area contributed by atoms with E-state index in [1.54, 1.807) is 0 Å². The molecule has 0 fully saturated rings. The molecule has 2 aromatic heterocycles. The van der Waals surface area contributed by atoms with Gasteiger partial charge in [-0.3, -0.25) is 4.57 Å². The summed E-state index contributed by atoms with van der Waals surface area (Å²) in [5, 5.41) is 4.56. The largest absolute Gasteiger partial charge is 0.280 e. The molecule has 0 amide bonds. The van der Waals surface area contributed by atoms with Crippen LogP contribution in [0.3, 0.4) is 0 Å². The van der Waals surface area contributed by atoms with Crippen LogP contribution in [-0.4, -0.2) is 19.3 Å². The summed E-state index contributed by atoms with van der Waals surface area (Å²) in [6.07, 6.45) is 0. The summed E-state index contributed by atoms with van der Waals surface area (Å²) in [4.78, 5) is 4.68. The van der Waals surface area contributed by atoms with Gasteiger partial charge in [-0.25, -0.2) is 9.67 Å². The standard InChI is InChI=1S/C15H16BrClN4/c1-4-20-15-14(10(3)19-20)18-13(8-17)21(15)12-6-5-11(16)7-9(12)2/h5-7H,4,8H2,1-3H3. The van der Waals surface area contributed by atoms with E-state index >= 15 is 0 Å². The van der Waals surface area contributed by atoms with Gasteiger partial charge in [-0.05, 0) is 44.5 Å². The Balaban J connectivity index is 2.39. The van der Waals surface area contributed by atoms with Crippen molar-refractivity contribution in [2.24, 2.45) is 0 Å². The lowest BCUT2D eigenvalue weighted by Crippen LogP contribution is -2.07. The molecule has 0 bridgehead atoms. The Hall–Kier alpha value is -1.33. The molecule has 1 aromatic carbocycles. The lowest BCUT2D eigenvalue weighted by molar-refractivity contribution is 0.660. The highest BCUT2D eigenvalue weighted by atomic mass is 79.9. The average molecular weight is 368 g/mol. The van der Waals surface area contributed by atoms with Gasteiger partial charge in [0.05, 0.1) is 17.3 Å². The summed E-state index contributed by atoms with van der Waals surface area (Å²) in [6, 6.07) is 6.21. The Bertz CT molecular complexity index is 819. The molecule has 4 nitrogen and oxygen atoms in total. The van der Waals surface area contributed by atoms with Crippen molar-refractivity contribution in [3.63, 3.8) is 0 Å². The molecule has 0 aliphatic carbocycles. The van der Waals surface area contributed by atoms with E-state index in [4.69, 9.17) is 11.6 Å². The van der Waals surface area contributed by atoms with Gasteiger partial charge in [0.15, 0.2) is 5.65 Å². The second-order valence-corrected chi connectivity index (χ2v) is 6.18. The minimum atomic E-state index is 0.368. The van der Waals surface area contributed by atoms with Crippen molar-refractivity contribution in [2.45, 2.75) is 33.2 Å². The van der Waals surface area contributed by atoms with Crippen molar-refractivity contribution in [2.75, 3.05) is 0 Å². The van der Waals surface area contributed by atoms with Crippen molar-refractivity contribution < 1.29 is 0 Å². The third-order valence-electron chi connectivity index (χ3n) is 3.60. The maximum atomic E-state index is 6.12. The van der Waals surface area contributed by atoms with Crippen molar-refractivity contribution in [1.29, 1.82) is 0 Å². The first kappa shape index (κ1) is 14.6. The third-order valence-corrected chi connectivity index (χ3v) is 4.33. The third kappa shape index (κ3) is 2.28. The number of hydrogen-bond acceptors (Lipinski definition) is 2. The number of alkyl halides is 1. The molecule has 0 spiro atoms. The van der Waals surface area contributed by atoms with Crippen LogP contribution in [0.5, 0.6) is 0 Å². The van der Waals surface area contributed by atoms with Crippen molar-refractivity contribution >= 4 is 38.7 Å². The predicted molar refractivity (Wildman–Crippen MR) is 89.3 cm³/mol. The monoisotopic (exact) mass is 366 g/mol. The van der Waals surface area contributed by atoms with Crippen LogP contribution in [0, 0.1) is 13.8 Å². The molecule has 0 aliphatic heterocycles. The Labute approximate surface area is 136 Å². The SMILES string of the molecule is CCn1nc(C)c2nc(CCl)n(-c3ccc(Br)cc3C)c21. The highest BCUT2D eigenvalue weighted by Gasteiger charge is 2.19. The first-order valence-corrected chi connectivity index (χ1v) is 8.16. The molecule has 6 heteroatoms. The summed E-state index contributed by atoms with van der Waals surface area (Å²) < 4.78 is 5.16. The second kappa shape index (κ2) is 5.46. The summed E-state index contributed by atoms with van der Waals surface area (Å²) in [6.45, 7) is 6.95. The van der Waals surface area contributed by atoms with Gasteiger partial charge in [-0.15, -0.1) is 11.6 Å². The number of halogens is 2. The zero-order chi connectivity index (χ0) is 15.1. The summed E-state index contributed by atoms with van der Waals surface area (Å²) in [7, 11) is 0. The van der Waals surface area contributed by atoms with Crippen LogP contribution in [0.1, 0.15) is 24.0 Å². The minimum absolute atomic E-state index is 0.368. The van der Waals surface area contributed by atoms with Crippen LogP contribution < -0.4 is 0 Å². The predicted octanol–water partition coefficient (Wildman–Crippen LogP) is 4.36. The Morgan fingerprint density at radius 1 is 1.29 bits per heavy atom. The van der Waals surface area contributed by atoms with Crippen molar-refractivity contribution in [3.05, 3.63) is 39.8 Å². The molecular formula is C15H16BrClN4. The highest BCUT2D eigenvalue weighted by Crippen LogP contribution is 2.28. The molecule has 0 aliphatic rings. The number of nitrogens with zero attached hydrogens (tertiary/aromatic N) is 4. The molecule has 110 valence electrons. The lowest BCUT2D eigenvalue weighted by Gasteiger charge is -2.12. The molecule has 21 heavy (non-hydrogen) atoms. The number of imidazole rings is 1. The van der Waals surface area contributed by atoms with Crippen LogP contribution in [0.15, 0.2) is 22.7 Å². The molecule has 3 rings (SSSR count). The minimum Gasteiger partial charge on any atom is -0.280 e. The van der Waals surface area contributed by atoms with E-state index in [0.29, 0.717) is 5.88 Å². The Morgan fingerprint density at radius 3 is 2.67 bits per heavy atom. The molecule has 0 atom stereocenters. The summed E-state index contributed by atoms with van der Waals surface area (Å²) in [5.41, 5.74) is 5.13. The van der Waals surface area contributed by atoms with Gasteiger partial charge in [0.25, 0.3) is 0 Å². The van der Waals surface area contributed by atoms with Gasteiger partial charge < -0.3 is 0 Å². The smallest absolute Gasteiger partial charge is 0.163 e. The molecule has 2 heterocycles. The van der Waals surface area contributed by atoms with E-state index in [2.05, 4.69) is 56.6 Å². The van der Waals surface area contributed by atoms with Crippen LogP contribution >= 0.6 is 27.5 Å². The van der Waals surface area contributed by atoms with Crippen molar-refractivity contribution in [1.82, 2.24) is 19.3 Å². The van der Waals surface area contributed by atoms with Crippen LogP contribution in [0.25, 0.3) is 16.9 Å². The first-order valence-electron chi connectivity index (χ1n) is 6.84. The van der Waals surface area contributed by atoms with Crippen molar-refractivity contribution in [3.8, 4) is 5.69 Å². The molecular weight excluding hydrogens is 352 g/mol. The van der Waals surface area contributed by atoms with E-state index in [1.807, 2.05) is 17.7 Å².